The highest BCUT2D eigenvalue weighted by Gasteiger charge is 2.06. The molecule has 0 bridgehead atoms. The molecule has 0 heterocycles. The Hall–Kier alpha value is -1.49. The van der Waals surface area contributed by atoms with Crippen LogP contribution in [0.3, 0.4) is 0 Å². The van der Waals surface area contributed by atoms with E-state index in [0.717, 1.165) is 11.3 Å². The van der Waals surface area contributed by atoms with Gasteiger partial charge in [0.05, 0.1) is 7.11 Å². The first-order valence-electron chi connectivity index (χ1n) is 5.39. The first-order valence-corrected chi connectivity index (χ1v) is 6.30. The van der Waals surface area contributed by atoms with E-state index in [-0.39, 0.29) is 10.6 Å². The van der Waals surface area contributed by atoms with Gasteiger partial charge in [0.1, 0.15) is 12.4 Å². The zero-order valence-corrected chi connectivity index (χ0v) is 11.8. The molecular formula is C13H15BrO4. The molecule has 0 spiro atoms. The molecule has 1 aromatic carbocycles. The highest BCUT2D eigenvalue weighted by Crippen LogP contribution is 2.15. The number of alkyl halides is 1. The summed E-state index contributed by atoms with van der Waals surface area (Å²) in [6, 6.07) is 7.12. The van der Waals surface area contributed by atoms with E-state index in [1.165, 1.54) is 13.2 Å². The lowest BCUT2D eigenvalue weighted by Crippen LogP contribution is -2.06. The van der Waals surface area contributed by atoms with Crippen LogP contribution in [0, 0.1) is 0 Å². The zero-order chi connectivity index (χ0) is 13.5. The molecule has 0 aliphatic rings. The van der Waals surface area contributed by atoms with Gasteiger partial charge in [0.2, 0.25) is 5.76 Å². The standard InChI is InChI=1S/C13H15BrO4/c1-9(14)8-18-11-5-3-10(4-6-11)7-12(17-2)13(15)16/h3-7,9H,8H2,1-2H3,(H,15,16)/b12-7-. The minimum absolute atomic E-state index is 0.0993. The molecule has 1 unspecified atom stereocenters. The summed E-state index contributed by atoms with van der Waals surface area (Å²) >= 11 is 3.39. The number of halogens is 1. The summed E-state index contributed by atoms with van der Waals surface area (Å²) in [5, 5.41) is 8.81. The van der Waals surface area contributed by atoms with Gasteiger partial charge in [0.15, 0.2) is 0 Å². The van der Waals surface area contributed by atoms with Crippen LogP contribution in [0.2, 0.25) is 0 Å². The molecular weight excluding hydrogens is 300 g/mol. The second kappa shape index (κ2) is 7.06. The van der Waals surface area contributed by atoms with Gasteiger partial charge in [-0.15, -0.1) is 0 Å². The smallest absolute Gasteiger partial charge is 0.371 e. The number of hydrogen-bond acceptors (Lipinski definition) is 3. The third-order valence-corrected chi connectivity index (χ3v) is 2.35. The summed E-state index contributed by atoms with van der Waals surface area (Å²) in [4.78, 5) is 11.0. The molecule has 0 fully saturated rings. The Bertz CT molecular complexity index is 423. The summed E-state index contributed by atoms with van der Waals surface area (Å²) in [6.07, 6.45) is 1.46. The van der Waals surface area contributed by atoms with Gasteiger partial charge in [-0.2, -0.15) is 0 Å². The summed E-state index contributed by atoms with van der Waals surface area (Å²) in [6.45, 7) is 2.57. The quantitative estimate of drug-likeness (QED) is 0.498. The van der Waals surface area contributed by atoms with Crippen LogP contribution in [0.1, 0.15) is 12.5 Å². The van der Waals surface area contributed by atoms with Crippen molar-refractivity contribution < 1.29 is 19.4 Å². The number of aliphatic carboxylic acids is 1. The highest BCUT2D eigenvalue weighted by atomic mass is 79.9. The van der Waals surface area contributed by atoms with Gasteiger partial charge in [-0.1, -0.05) is 28.1 Å². The lowest BCUT2D eigenvalue weighted by Gasteiger charge is -2.07. The van der Waals surface area contributed by atoms with Crippen LogP contribution in [0.15, 0.2) is 30.0 Å². The Morgan fingerprint density at radius 3 is 2.50 bits per heavy atom. The van der Waals surface area contributed by atoms with E-state index in [1.807, 2.05) is 6.92 Å². The Labute approximate surface area is 114 Å². The van der Waals surface area contributed by atoms with Gasteiger partial charge in [0.25, 0.3) is 0 Å². The number of rotatable bonds is 6. The molecule has 98 valence electrons. The van der Waals surface area contributed by atoms with E-state index in [4.69, 9.17) is 14.6 Å². The fraction of sp³-hybridized carbons (Fsp3) is 0.308. The van der Waals surface area contributed by atoms with E-state index in [9.17, 15) is 4.79 Å². The molecule has 0 aromatic heterocycles. The van der Waals surface area contributed by atoms with Crippen LogP contribution in [-0.2, 0) is 9.53 Å². The normalized spacial score (nSPS) is 12.9. The monoisotopic (exact) mass is 314 g/mol. The topological polar surface area (TPSA) is 55.8 Å². The SMILES string of the molecule is CO/C(=C\c1ccc(OCC(C)Br)cc1)C(=O)O. The molecule has 1 aromatic rings. The van der Waals surface area contributed by atoms with Gasteiger partial charge < -0.3 is 14.6 Å². The largest absolute Gasteiger partial charge is 0.492 e. The summed E-state index contributed by atoms with van der Waals surface area (Å²) in [7, 11) is 1.33. The van der Waals surface area contributed by atoms with Crippen molar-refractivity contribution in [1.82, 2.24) is 0 Å². The number of carboxylic acid groups (broad SMARTS) is 1. The van der Waals surface area contributed by atoms with Crippen LogP contribution < -0.4 is 4.74 Å². The molecule has 0 aliphatic carbocycles. The minimum atomic E-state index is -1.09. The van der Waals surface area contributed by atoms with Crippen LogP contribution in [0.25, 0.3) is 6.08 Å². The Morgan fingerprint density at radius 1 is 1.44 bits per heavy atom. The molecule has 4 nitrogen and oxygen atoms in total. The lowest BCUT2D eigenvalue weighted by atomic mass is 10.2. The summed E-state index contributed by atoms with van der Waals surface area (Å²) < 4.78 is 10.2. The average Bonchev–Trinajstić information content (AvgIpc) is 2.34. The number of ether oxygens (including phenoxy) is 2. The number of carboxylic acids is 1. The van der Waals surface area contributed by atoms with Crippen molar-refractivity contribution in [2.24, 2.45) is 0 Å². The maximum Gasteiger partial charge on any atom is 0.371 e. The average molecular weight is 315 g/mol. The van der Waals surface area contributed by atoms with E-state index >= 15 is 0 Å². The van der Waals surface area contributed by atoms with Crippen molar-refractivity contribution in [3.63, 3.8) is 0 Å². The van der Waals surface area contributed by atoms with Gasteiger partial charge >= 0.3 is 5.97 Å². The molecule has 0 saturated heterocycles. The summed E-state index contributed by atoms with van der Waals surface area (Å²) in [5.74, 6) is -0.448. The Morgan fingerprint density at radius 2 is 2.06 bits per heavy atom. The first kappa shape index (κ1) is 14.6. The number of hydrogen-bond donors (Lipinski definition) is 1. The van der Waals surface area contributed by atoms with Gasteiger partial charge in [-0.3, -0.25) is 0 Å². The van der Waals surface area contributed by atoms with Gasteiger partial charge in [-0.25, -0.2) is 4.79 Å². The second-order valence-corrected chi connectivity index (χ2v) is 5.24. The maximum absolute atomic E-state index is 10.8. The second-order valence-electron chi connectivity index (χ2n) is 3.68. The molecule has 1 rings (SSSR count). The zero-order valence-electron chi connectivity index (χ0n) is 10.2. The number of methoxy groups -OCH3 is 1. The van der Waals surface area contributed by atoms with Gasteiger partial charge in [0, 0.05) is 4.83 Å². The van der Waals surface area contributed by atoms with Crippen LogP contribution in [-0.4, -0.2) is 29.6 Å². The van der Waals surface area contributed by atoms with Crippen molar-refractivity contribution in [1.29, 1.82) is 0 Å². The third kappa shape index (κ3) is 4.79. The van der Waals surface area contributed by atoms with Crippen molar-refractivity contribution in [2.45, 2.75) is 11.8 Å². The number of benzene rings is 1. The lowest BCUT2D eigenvalue weighted by molar-refractivity contribution is -0.135. The van der Waals surface area contributed by atoms with Crippen LogP contribution >= 0.6 is 15.9 Å². The van der Waals surface area contributed by atoms with Gasteiger partial charge in [-0.05, 0) is 30.7 Å². The fourth-order valence-corrected chi connectivity index (χ4v) is 1.36. The molecule has 0 amide bonds. The van der Waals surface area contributed by atoms with Crippen LogP contribution in [0.5, 0.6) is 5.75 Å². The molecule has 1 atom stereocenters. The maximum atomic E-state index is 10.8. The van der Waals surface area contributed by atoms with E-state index < -0.39 is 5.97 Å². The Balaban J connectivity index is 2.73. The Kier molecular flexibility index (Phi) is 5.71. The van der Waals surface area contributed by atoms with E-state index in [2.05, 4.69) is 15.9 Å². The molecule has 0 aliphatic heterocycles. The molecule has 0 radical (unpaired) electrons. The van der Waals surface area contributed by atoms with Crippen LogP contribution in [0.4, 0.5) is 0 Å². The predicted octanol–water partition coefficient (Wildman–Crippen LogP) is 2.92. The van der Waals surface area contributed by atoms with Crippen molar-refractivity contribution in [2.75, 3.05) is 13.7 Å². The van der Waals surface area contributed by atoms with Crippen molar-refractivity contribution in [3.05, 3.63) is 35.6 Å². The molecule has 5 heteroatoms. The predicted molar refractivity (Wildman–Crippen MR) is 72.9 cm³/mol. The van der Waals surface area contributed by atoms with E-state index in [1.54, 1.807) is 24.3 Å². The summed E-state index contributed by atoms with van der Waals surface area (Å²) in [5.41, 5.74) is 0.744. The molecule has 0 saturated carbocycles. The fourth-order valence-electron chi connectivity index (χ4n) is 1.23. The molecule has 18 heavy (non-hydrogen) atoms. The minimum Gasteiger partial charge on any atom is -0.492 e. The first-order chi connectivity index (χ1) is 8.52. The third-order valence-electron chi connectivity index (χ3n) is 2.09. The number of carbonyl (C=O) groups is 1. The molecule has 1 N–H and O–H groups in total. The van der Waals surface area contributed by atoms with E-state index in [0.29, 0.717) is 6.61 Å². The highest BCUT2D eigenvalue weighted by molar-refractivity contribution is 9.09. The van der Waals surface area contributed by atoms with Crippen molar-refractivity contribution in [3.8, 4) is 5.75 Å². The van der Waals surface area contributed by atoms with Crippen molar-refractivity contribution >= 4 is 28.0 Å².